The number of likely N-dealkylation sites (N-methyl/N-ethyl adjacent to an activating group) is 1. The van der Waals surface area contributed by atoms with Crippen LogP contribution in [0.25, 0.3) is 0 Å². The first-order valence-corrected chi connectivity index (χ1v) is 7.30. The average molecular weight is 289 g/mol. The zero-order chi connectivity index (χ0) is 15.2. The van der Waals surface area contributed by atoms with E-state index < -0.39 is 0 Å². The average Bonchev–Trinajstić information content (AvgIpc) is 2.97. The molecule has 0 aliphatic heterocycles. The summed E-state index contributed by atoms with van der Waals surface area (Å²) >= 11 is 0. The maximum absolute atomic E-state index is 5.40. The monoisotopic (exact) mass is 289 g/mol. The summed E-state index contributed by atoms with van der Waals surface area (Å²) in [6, 6.07) is 8.25. The topological polar surface area (TPSA) is 60.2 Å². The number of ether oxygens (including phenoxy) is 1. The van der Waals surface area contributed by atoms with Crippen molar-refractivity contribution < 1.29 is 9.26 Å². The molecule has 0 saturated carbocycles. The van der Waals surface area contributed by atoms with Gasteiger partial charge in [0.25, 0.3) is 0 Å². The summed E-state index contributed by atoms with van der Waals surface area (Å²) in [5, 5.41) is 7.36. The molecule has 0 radical (unpaired) electrons. The Hall–Kier alpha value is -1.88. The van der Waals surface area contributed by atoms with Gasteiger partial charge in [-0.1, -0.05) is 31.1 Å². The number of methoxy groups -OCH3 is 1. The Kier molecular flexibility index (Phi) is 5.33. The highest BCUT2D eigenvalue weighted by molar-refractivity contribution is 5.28. The molecule has 1 aromatic carbocycles. The van der Waals surface area contributed by atoms with E-state index in [1.165, 1.54) is 0 Å². The van der Waals surface area contributed by atoms with E-state index >= 15 is 0 Å². The molecule has 5 nitrogen and oxygen atoms in total. The first kappa shape index (κ1) is 15.5. The van der Waals surface area contributed by atoms with Crippen molar-refractivity contribution in [2.24, 2.45) is 0 Å². The number of rotatable bonds is 7. The fourth-order valence-corrected chi connectivity index (χ4v) is 2.43. The van der Waals surface area contributed by atoms with Crippen LogP contribution in [-0.4, -0.2) is 30.3 Å². The number of benzene rings is 1. The van der Waals surface area contributed by atoms with Crippen molar-refractivity contribution in [3.63, 3.8) is 0 Å². The normalized spacial score (nSPS) is 13.9. The number of nitrogens with zero attached hydrogens (tertiary/aromatic N) is 2. The highest BCUT2D eigenvalue weighted by atomic mass is 16.5. The standard InChI is InChI=1S/C16H23N3O2/c1-5-14(17-3)11(2)16-18-15(19-21-16)10-12-6-8-13(20-4)9-7-12/h6-9,11,14,17H,5,10H2,1-4H3. The van der Waals surface area contributed by atoms with Gasteiger partial charge in [0.05, 0.1) is 13.0 Å². The SMILES string of the molecule is CCC(NC)C(C)c1nc(Cc2ccc(OC)cc2)no1. The summed E-state index contributed by atoms with van der Waals surface area (Å²) in [6.45, 7) is 4.25. The zero-order valence-electron chi connectivity index (χ0n) is 13.1. The molecule has 2 aromatic rings. The summed E-state index contributed by atoms with van der Waals surface area (Å²) < 4.78 is 10.6. The lowest BCUT2D eigenvalue weighted by atomic mass is 10.00. The summed E-state index contributed by atoms with van der Waals surface area (Å²) in [4.78, 5) is 4.52. The van der Waals surface area contributed by atoms with Crippen LogP contribution in [0.5, 0.6) is 5.75 Å². The molecule has 1 aromatic heterocycles. The van der Waals surface area contributed by atoms with E-state index in [1.807, 2.05) is 31.3 Å². The molecule has 21 heavy (non-hydrogen) atoms. The zero-order valence-corrected chi connectivity index (χ0v) is 13.1. The van der Waals surface area contributed by atoms with E-state index in [2.05, 4.69) is 29.3 Å². The van der Waals surface area contributed by atoms with E-state index in [0.717, 1.165) is 17.7 Å². The fraction of sp³-hybridized carbons (Fsp3) is 0.500. The molecule has 0 aliphatic carbocycles. The third-order valence-corrected chi connectivity index (χ3v) is 3.81. The van der Waals surface area contributed by atoms with Gasteiger partial charge in [-0.15, -0.1) is 0 Å². The molecule has 1 heterocycles. The lowest BCUT2D eigenvalue weighted by Crippen LogP contribution is -2.30. The van der Waals surface area contributed by atoms with Gasteiger partial charge in [-0.05, 0) is 31.2 Å². The number of hydrogen-bond acceptors (Lipinski definition) is 5. The molecular formula is C16H23N3O2. The summed E-state index contributed by atoms with van der Waals surface area (Å²) in [7, 11) is 3.62. The Morgan fingerprint density at radius 3 is 2.57 bits per heavy atom. The second-order valence-electron chi connectivity index (χ2n) is 5.17. The van der Waals surface area contributed by atoms with Crippen molar-refractivity contribution in [1.82, 2.24) is 15.5 Å². The molecule has 0 amide bonds. The van der Waals surface area contributed by atoms with Gasteiger partial charge in [0.1, 0.15) is 5.75 Å². The first-order valence-electron chi connectivity index (χ1n) is 7.30. The lowest BCUT2D eigenvalue weighted by molar-refractivity contribution is 0.324. The van der Waals surface area contributed by atoms with Gasteiger partial charge < -0.3 is 14.6 Å². The summed E-state index contributed by atoms with van der Waals surface area (Å²) in [5.41, 5.74) is 1.14. The third-order valence-electron chi connectivity index (χ3n) is 3.81. The van der Waals surface area contributed by atoms with Gasteiger partial charge in [0.15, 0.2) is 5.82 Å². The van der Waals surface area contributed by atoms with Gasteiger partial charge in [0, 0.05) is 12.5 Å². The van der Waals surface area contributed by atoms with Crippen LogP contribution in [0.3, 0.4) is 0 Å². The predicted molar refractivity (Wildman–Crippen MR) is 81.7 cm³/mol. The Morgan fingerprint density at radius 2 is 2.00 bits per heavy atom. The highest BCUT2D eigenvalue weighted by Gasteiger charge is 2.21. The second kappa shape index (κ2) is 7.22. The molecule has 2 atom stereocenters. The molecule has 1 N–H and O–H groups in total. The Balaban J connectivity index is 2.05. The van der Waals surface area contributed by atoms with Crippen LogP contribution < -0.4 is 10.1 Å². The van der Waals surface area contributed by atoms with Crippen LogP contribution in [0.2, 0.25) is 0 Å². The van der Waals surface area contributed by atoms with Gasteiger partial charge in [-0.2, -0.15) is 4.98 Å². The number of aromatic nitrogens is 2. The van der Waals surface area contributed by atoms with Crippen LogP contribution in [0, 0.1) is 0 Å². The van der Waals surface area contributed by atoms with Gasteiger partial charge in [-0.3, -0.25) is 0 Å². The molecule has 2 rings (SSSR count). The van der Waals surface area contributed by atoms with Crippen LogP contribution in [0.15, 0.2) is 28.8 Å². The van der Waals surface area contributed by atoms with Gasteiger partial charge >= 0.3 is 0 Å². The predicted octanol–water partition coefficient (Wildman–Crippen LogP) is 2.77. The molecule has 0 aliphatic rings. The Labute approximate surface area is 125 Å². The molecule has 114 valence electrons. The van der Waals surface area contributed by atoms with Crippen molar-refractivity contribution in [1.29, 1.82) is 0 Å². The van der Waals surface area contributed by atoms with Crippen LogP contribution in [-0.2, 0) is 6.42 Å². The molecule has 5 heteroatoms. The lowest BCUT2D eigenvalue weighted by Gasteiger charge is -2.18. The van der Waals surface area contributed by atoms with E-state index in [4.69, 9.17) is 9.26 Å². The second-order valence-corrected chi connectivity index (χ2v) is 5.17. The molecule has 0 fully saturated rings. The Bertz CT molecular complexity index is 547. The summed E-state index contributed by atoms with van der Waals surface area (Å²) in [6.07, 6.45) is 1.68. The van der Waals surface area contributed by atoms with Crippen molar-refractivity contribution in [2.45, 2.75) is 38.6 Å². The van der Waals surface area contributed by atoms with E-state index in [9.17, 15) is 0 Å². The molecular weight excluding hydrogens is 266 g/mol. The highest BCUT2D eigenvalue weighted by Crippen LogP contribution is 2.20. The number of hydrogen-bond donors (Lipinski definition) is 1. The van der Waals surface area contributed by atoms with Crippen LogP contribution in [0.1, 0.15) is 43.5 Å². The smallest absolute Gasteiger partial charge is 0.231 e. The van der Waals surface area contributed by atoms with Crippen molar-refractivity contribution >= 4 is 0 Å². The van der Waals surface area contributed by atoms with E-state index in [0.29, 0.717) is 24.2 Å². The van der Waals surface area contributed by atoms with E-state index in [1.54, 1.807) is 7.11 Å². The largest absolute Gasteiger partial charge is 0.497 e. The van der Waals surface area contributed by atoms with Crippen LogP contribution >= 0.6 is 0 Å². The minimum atomic E-state index is 0.206. The third kappa shape index (κ3) is 3.82. The Morgan fingerprint density at radius 1 is 1.29 bits per heavy atom. The van der Waals surface area contributed by atoms with Crippen molar-refractivity contribution in [3.05, 3.63) is 41.5 Å². The molecule has 2 unspecified atom stereocenters. The van der Waals surface area contributed by atoms with Gasteiger partial charge in [-0.25, -0.2) is 0 Å². The van der Waals surface area contributed by atoms with Crippen molar-refractivity contribution in [2.75, 3.05) is 14.2 Å². The minimum absolute atomic E-state index is 0.206. The van der Waals surface area contributed by atoms with E-state index in [-0.39, 0.29) is 5.92 Å². The quantitative estimate of drug-likeness (QED) is 0.849. The first-order chi connectivity index (χ1) is 10.2. The molecule has 0 saturated heterocycles. The molecule has 0 bridgehead atoms. The van der Waals surface area contributed by atoms with Crippen LogP contribution in [0.4, 0.5) is 0 Å². The van der Waals surface area contributed by atoms with Gasteiger partial charge in [0.2, 0.25) is 5.89 Å². The maximum atomic E-state index is 5.40. The maximum Gasteiger partial charge on any atom is 0.231 e. The minimum Gasteiger partial charge on any atom is -0.497 e. The fourth-order valence-electron chi connectivity index (χ4n) is 2.43. The summed E-state index contributed by atoms with van der Waals surface area (Å²) in [5.74, 6) is 2.46. The molecule has 0 spiro atoms. The number of nitrogens with one attached hydrogen (secondary N) is 1. The van der Waals surface area contributed by atoms with Crippen molar-refractivity contribution in [3.8, 4) is 5.75 Å².